The van der Waals surface area contributed by atoms with Crippen molar-refractivity contribution in [3.8, 4) is 0 Å². The first-order chi connectivity index (χ1) is 16.1. The maximum absolute atomic E-state index is 13.3. The van der Waals surface area contributed by atoms with Gasteiger partial charge in [-0.3, -0.25) is 9.59 Å². The predicted octanol–water partition coefficient (Wildman–Crippen LogP) is 5.56. The van der Waals surface area contributed by atoms with E-state index in [-0.39, 0.29) is 17.9 Å². The predicted molar refractivity (Wildman–Crippen MR) is 135 cm³/mol. The van der Waals surface area contributed by atoms with E-state index in [1.807, 2.05) is 48.5 Å². The number of piperidine rings is 1. The first kappa shape index (κ1) is 23.3. The summed E-state index contributed by atoms with van der Waals surface area (Å²) < 4.78 is 0. The molecule has 0 aromatic heterocycles. The number of carbonyl (C=O) groups is 2. The largest absolute Gasteiger partial charge is 0.371 e. The molecule has 0 radical (unpaired) electrons. The number of anilines is 2. The van der Waals surface area contributed by atoms with Crippen LogP contribution in [-0.4, -0.2) is 30.9 Å². The summed E-state index contributed by atoms with van der Waals surface area (Å²) in [5.74, 6) is 0.678. The Morgan fingerprint density at radius 1 is 0.939 bits per heavy atom. The molecule has 176 valence electrons. The molecule has 2 N–H and O–H groups in total. The van der Waals surface area contributed by atoms with Crippen molar-refractivity contribution in [1.29, 1.82) is 0 Å². The van der Waals surface area contributed by atoms with Gasteiger partial charge in [0.2, 0.25) is 5.91 Å². The number of aryl methyl sites for hydroxylation is 1. The van der Waals surface area contributed by atoms with Gasteiger partial charge in [-0.25, -0.2) is 0 Å². The van der Waals surface area contributed by atoms with E-state index in [0.717, 1.165) is 55.9 Å². The van der Waals surface area contributed by atoms with Crippen LogP contribution in [0.4, 0.5) is 11.4 Å². The van der Waals surface area contributed by atoms with Crippen LogP contribution in [0.2, 0.25) is 0 Å². The van der Waals surface area contributed by atoms with Gasteiger partial charge in [0, 0.05) is 36.9 Å². The molecule has 5 heteroatoms. The monoisotopic (exact) mass is 447 g/mol. The molecule has 1 heterocycles. The fraction of sp³-hybridized carbons (Fsp3) is 0.500. The zero-order chi connectivity index (χ0) is 23.0. The number of amides is 2. The van der Waals surface area contributed by atoms with Crippen LogP contribution < -0.4 is 15.5 Å². The second kappa shape index (κ2) is 11.4. The van der Waals surface area contributed by atoms with Crippen LogP contribution in [0.5, 0.6) is 0 Å². The third-order valence-electron chi connectivity index (χ3n) is 7.07. The Morgan fingerprint density at radius 2 is 1.67 bits per heavy atom. The minimum absolute atomic E-state index is 0.0177. The van der Waals surface area contributed by atoms with Gasteiger partial charge in [0.05, 0.1) is 5.56 Å². The molecule has 2 fully saturated rings. The number of carbonyl (C=O) groups excluding carboxylic acids is 2. The molecule has 0 atom stereocenters. The van der Waals surface area contributed by atoms with Crippen LogP contribution in [0.1, 0.15) is 74.2 Å². The lowest BCUT2D eigenvalue weighted by Gasteiger charge is -2.34. The summed E-state index contributed by atoms with van der Waals surface area (Å²) in [7, 11) is 0. The average Bonchev–Trinajstić information content (AvgIpc) is 2.84. The molecule has 1 aliphatic carbocycles. The zero-order valence-electron chi connectivity index (χ0n) is 19.8. The summed E-state index contributed by atoms with van der Waals surface area (Å²) in [6.07, 6.45) is 9.12. The van der Waals surface area contributed by atoms with Crippen molar-refractivity contribution in [2.24, 2.45) is 5.92 Å². The summed E-state index contributed by atoms with van der Waals surface area (Å²) >= 11 is 0. The SMILES string of the molecule is CC1CCN(c2ccc(NC(=O)CCc3ccccc3)cc2C(=O)NC2CCCCC2)CC1. The maximum Gasteiger partial charge on any atom is 0.253 e. The highest BCUT2D eigenvalue weighted by Gasteiger charge is 2.24. The summed E-state index contributed by atoms with van der Waals surface area (Å²) in [5.41, 5.74) is 3.50. The Hall–Kier alpha value is -2.82. The van der Waals surface area contributed by atoms with Crippen LogP contribution in [0, 0.1) is 5.92 Å². The number of nitrogens with zero attached hydrogens (tertiary/aromatic N) is 1. The highest BCUT2D eigenvalue weighted by molar-refractivity contribution is 6.02. The van der Waals surface area contributed by atoms with E-state index in [9.17, 15) is 9.59 Å². The number of nitrogens with one attached hydrogen (secondary N) is 2. The minimum Gasteiger partial charge on any atom is -0.371 e. The van der Waals surface area contributed by atoms with Crippen LogP contribution in [-0.2, 0) is 11.2 Å². The maximum atomic E-state index is 13.3. The van der Waals surface area contributed by atoms with Crippen molar-refractivity contribution in [3.63, 3.8) is 0 Å². The molecule has 2 aromatic rings. The van der Waals surface area contributed by atoms with Gasteiger partial charge in [0.25, 0.3) is 5.91 Å². The lowest BCUT2D eigenvalue weighted by molar-refractivity contribution is -0.116. The number of hydrogen-bond acceptors (Lipinski definition) is 3. The number of rotatable bonds is 7. The molecule has 2 amide bonds. The van der Waals surface area contributed by atoms with Gasteiger partial charge < -0.3 is 15.5 Å². The van der Waals surface area contributed by atoms with Crippen molar-refractivity contribution >= 4 is 23.2 Å². The van der Waals surface area contributed by atoms with Crippen LogP contribution in [0.15, 0.2) is 48.5 Å². The van der Waals surface area contributed by atoms with Crippen molar-refractivity contribution < 1.29 is 9.59 Å². The molecule has 0 unspecified atom stereocenters. The van der Waals surface area contributed by atoms with E-state index in [0.29, 0.717) is 24.1 Å². The molecule has 33 heavy (non-hydrogen) atoms. The van der Waals surface area contributed by atoms with Gasteiger partial charge >= 0.3 is 0 Å². The van der Waals surface area contributed by atoms with Crippen molar-refractivity contribution in [3.05, 3.63) is 59.7 Å². The zero-order valence-corrected chi connectivity index (χ0v) is 19.8. The second-order valence-electron chi connectivity index (χ2n) is 9.74. The Bertz CT molecular complexity index is 929. The highest BCUT2D eigenvalue weighted by atomic mass is 16.2. The molecule has 0 spiro atoms. The van der Waals surface area contributed by atoms with E-state index in [1.165, 1.54) is 19.3 Å². The van der Waals surface area contributed by atoms with Gasteiger partial charge in [-0.05, 0) is 61.8 Å². The van der Waals surface area contributed by atoms with Gasteiger partial charge in [-0.15, -0.1) is 0 Å². The summed E-state index contributed by atoms with van der Waals surface area (Å²) in [6.45, 7) is 4.23. The number of hydrogen-bond donors (Lipinski definition) is 2. The first-order valence-corrected chi connectivity index (χ1v) is 12.6. The molecule has 1 aliphatic heterocycles. The lowest BCUT2D eigenvalue weighted by atomic mass is 9.95. The van der Waals surface area contributed by atoms with Gasteiger partial charge in [-0.1, -0.05) is 56.5 Å². The fourth-order valence-electron chi connectivity index (χ4n) is 4.96. The molecule has 0 bridgehead atoms. The minimum atomic E-state index is -0.0305. The summed E-state index contributed by atoms with van der Waals surface area (Å²) in [5, 5.41) is 6.28. The van der Waals surface area contributed by atoms with E-state index < -0.39 is 0 Å². The Morgan fingerprint density at radius 3 is 2.39 bits per heavy atom. The quantitative estimate of drug-likeness (QED) is 0.584. The standard InChI is InChI=1S/C28H37N3O2/c1-21-16-18-31(19-17-21)26-14-13-24(29-27(32)15-12-22-8-4-2-5-9-22)20-25(26)28(33)30-23-10-6-3-7-11-23/h2,4-5,8-9,13-14,20-21,23H,3,6-7,10-12,15-19H2,1H3,(H,29,32)(H,30,33). The lowest BCUT2D eigenvalue weighted by Crippen LogP contribution is -2.38. The van der Waals surface area contributed by atoms with Crippen LogP contribution in [0.25, 0.3) is 0 Å². The third kappa shape index (κ3) is 6.59. The van der Waals surface area contributed by atoms with Gasteiger partial charge in [0.1, 0.15) is 0 Å². The second-order valence-corrected chi connectivity index (χ2v) is 9.74. The van der Waals surface area contributed by atoms with Gasteiger partial charge in [0.15, 0.2) is 0 Å². The van der Waals surface area contributed by atoms with Crippen molar-refractivity contribution in [2.75, 3.05) is 23.3 Å². The highest BCUT2D eigenvalue weighted by Crippen LogP contribution is 2.29. The smallest absolute Gasteiger partial charge is 0.253 e. The molecule has 2 aliphatic rings. The molecule has 1 saturated carbocycles. The van der Waals surface area contributed by atoms with Crippen LogP contribution >= 0.6 is 0 Å². The van der Waals surface area contributed by atoms with E-state index in [4.69, 9.17) is 0 Å². The summed E-state index contributed by atoms with van der Waals surface area (Å²) in [4.78, 5) is 28.3. The topological polar surface area (TPSA) is 61.4 Å². The van der Waals surface area contributed by atoms with Crippen molar-refractivity contribution in [1.82, 2.24) is 5.32 Å². The van der Waals surface area contributed by atoms with E-state index in [1.54, 1.807) is 0 Å². The third-order valence-corrected chi connectivity index (χ3v) is 7.07. The Balaban J connectivity index is 1.47. The number of benzene rings is 2. The summed E-state index contributed by atoms with van der Waals surface area (Å²) in [6, 6.07) is 16.1. The van der Waals surface area contributed by atoms with Gasteiger partial charge in [-0.2, -0.15) is 0 Å². The molecular formula is C28H37N3O2. The van der Waals surface area contributed by atoms with E-state index >= 15 is 0 Å². The molecule has 5 nitrogen and oxygen atoms in total. The van der Waals surface area contributed by atoms with Crippen molar-refractivity contribution in [2.45, 2.75) is 70.8 Å². The fourth-order valence-corrected chi connectivity index (χ4v) is 4.96. The molecule has 2 aromatic carbocycles. The first-order valence-electron chi connectivity index (χ1n) is 12.6. The Kier molecular flexibility index (Phi) is 8.03. The van der Waals surface area contributed by atoms with Crippen LogP contribution in [0.3, 0.4) is 0 Å². The molecular weight excluding hydrogens is 410 g/mol. The molecule has 4 rings (SSSR count). The average molecular weight is 448 g/mol. The van der Waals surface area contributed by atoms with E-state index in [2.05, 4.69) is 22.5 Å². The normalized spacial score (nSPS) is 17.5. The molecule has 1 saturated heterocycles. The Labute approximate surface area is 197 Å².